The van der Waals surface area contributed by atoms with E-state index in [0.717, 1.165) is 0 Å². The standard InChI is InChI=1S/C13H13Cl2N3O2/c1-7(2)12-11(13(19)20)16-17-18(12)6-8-9(14)4-3-5-10(8)15/h3-5,7H,6H2,1-2H3,(H,19,20). The molecular weight excluding hydrogens is 301 g/mol. The first kappa shape index (κ1) is 14.8. The Morgan fingerprint density at radius 3 is 2.45 bits per heavy atom. The van der Waals surface area contributed by atoms with Gasteiger partial charge in [-0.3, -0.25) is 0 Å². The van der Waals surface area contributed by atoms with Crippen LogP contribution in [0.3, 0.4) is 0 Å². The fraction of sp³-hybridized carbons (Fsp3) is 0.308. The Bertz CT molecular complexity index is 633. The van der Waals surface area contributed by atoms with Gasteiger partial charge in [-0.1, -0.05) is 48.3 Å². The summed E-state index contributed by atoms with van der Waals surface area (Å²) in [5.41, 5.74) is 1.20. The fourth-order valence-electron chi connectivity index (χ4n) is 1.99. The summed E-state index contributed by atoms with van der Waals surface area (Å²) < 4.78 is 1.53. The van der Waals surface area contributed by atoms with Crippen molar-refractivity contribution < 1.29 is 9.90 Å². The van der Waals surface area contributed by atoms with Crippen LogP contribution in [0.4, 0.5) is 0 Å². The molecule has 106 valence electrons. The van der Waals surface area contributed by atoms with Crippen LogP contribution >= 0.6 is 23.2 Å². The van der Waals surface area contributed by atoms with Gasteiger partial charge >= 0.3 is 5.97 Å². The van der Waals surface area contributed by atoms with Crippen molar-refractivity contribution in [2.45, 2.75) is 26.3 Å². The summed E-state index contributed by atoms with van der Waals surface area (Å²) in [4.78, 5) is 11.2. The third kappa shape index (κ3) is 2.78. The number of halogens is 2. The Labute approximate surface area is 126 Å². The highest BCUT2D eigenvalue weighted by molar-refractivity contribution is 6.35. The van der Waals surface area contributed by atoms with Crippen LogP contribution in [0.15, 0.2) is 18.2 Å². The molecule has 2 aromatic rings. The van der Waals surface area contributed by atoms with Crippen LogP contribution in [0.25, 0.3) is 0 Å². The molecule has 0 aliphatic rings. The number of aromatic carboxylic acids is 1. The summed E-state index contributed by atoms with van der Waals surface area (Å²) in [7, 11) is 0. The number of benzene rings is 1. The lowest BCUT2D eigenvalue weighted by Crippen LogP contribution is -2.11. The zero-order chi connectivity index (χ0) is 14.9. The molecule has 0 aliphatic heterocycles. The number of hydrogen-bond acceptors (Lipinski definition) is 3. The Kier molecular flexibility index (Phi) is 4.30. The number of carbonyl (C=O) groups is 1. The molecule has 0 aliphatic carbocycles. The third-order valence-electron chi connectivity index (χ3n) is 2.89. The lowest BCUT2D eigenvalue weighted by Gasteiger charge is -2.12. The van der Waals surface area contributed by atoms with Crippen molar-refractivity contribution >= 4 is 29.2 Å². The second-order valence-corrected chi connectivity index (χ2v) is 5.46. The molecule has 5 nitrogen and oxygen atoms in total. The van der Waals surface area contributed by atoms with Crippen molar-refractivity contribution in [3.63, 3.8) is 0 Å². The highest BCUT2D eigenvalue weighted by Gasteiger charge is 2.22. The Balaban J connectivity index is 2.47. The molecule has 0 atom stereocenters. The normalized spacial score (nSPS) is 11.1. The summed E-state index contributed by atoms with van der Waals surface area (Å²) in [6, 6.07) is 5.21. The van der Waals surface area contributed by atoms with Crippen molar-refractivity contribution in [1.29, 1.82) is 0 Å². The first-order valence-electron chi connectivity index (χ1n) is 6.01. The van der Waals surface area contributed by atoms with Crippen molar-refractivity contribution in [3.05, 3.63) is 45.2 Å². The van der Waals surface area contributed by atoms with Crippen LogP contribution in [0.5, 0.6) is 0 Å². The SMILES string of the molecule is CC(C)c1c(C(=O)O)nnn1Cc1c(Cl)cccc1Cl. The average molecular weight is 314 g/mol. The molecule has 0 saturated carbocycles. The summed E-state index contributed by atoms with van der Waals surface area (Å²) in [5.74, 6) is -1.12. The van der Waals surface area contributed by atoms with Crippen molar-refractivity contribution in [2.75, 3.05) is 0 Å². The number of carboxylic acids is 1. The Morgan fingerprint density at radius 1 is 1.35 bits per heavy atom. The van der Waals surface area contributed by atoms with E-state index in [1.165, 1.54) is 4.68 Å². The van der Waals surface area contributed by atoms with Crippen molar-refractivity contribution in [1.82, 2.24) is 15.0 Å². The van der Waals surface area contributed by atoms with E-state index in [-0.39, 0.29) is 18.2 Å². The molecule has 1 heterocycles. The highest BCUT2D eigenvalue weighted by atomic mass is 35.5. The van der Waals surface area contributed by atoms with Gasteiger partial charge in [0.1, 0.15) is 0 Å². The lowest BCUT2D eigenvalue weighted by molar-refractivity contribution is 0.0688. The van der Waals surface area contributed by atoms with Gasteiger partial charge in [0.05, 0.1) is 12.2 Å². The van der Waals surface area contributed by atoms with Crippen LogP contribution in [0.2, 0.25) is 10.0 Å². The summed E-state index contributed by atoms with van der Waals surface area (Å²) in [5, 5.41) is 17.8. The largest absolute Gasteiger partial charge is 0.476 e. The van der Waals surface area contributed by atoms with Gasteiger partial charge in [0.25, 0.3) is 0 Å². The van der Waals surface area contributed by atoms with Crippen molar-refractivity contribution in [2.24, 2.45) is 0 Å². The zero-order valence-corrected chi connectivity index (χ0v) is 12.5. The second kappa shape index (κ2) is 5.81. The Morgan fingerprint density at radius 2 is 1.95 bits per heavy atom. The molecule has 0 unspecified atom stereocenters. The van der Waals surface area contributed by atoms with E-state index >= 15 is 0 Å². The summed E-state index contributed by atoms with van der Waals surface area (Å²) in [6.45, 7) is 4.05. The van der Waals surface area contributed by atoms with Crippen molar-refractivity contribution in [3.8, 4) is 0 Å². The number of carboxylic acid groups (broad SMARTS) is 1. The molecule has 7 heteroatoms. The predicted octanol–water partition coefficient (Wildman–Crippen LogP) is 3.45. The van der Waals surface area contributed by atoms with Gasteiger partial charge in [-0.25, -0.2) is 9.48 Å². The highest BCUT2D eigenvalue weighted by Crippen LogP contribution is 2.27. The first-order chi connectivity index (χ1) is 9.41. The summed E-state index contributed by atoms with van der Waals surface area (Å²) in [6.07, 6.45) is 0. The van der Waals surface area contributed by atoms with E-state index in [2.05, 4.69) is 10.3 Å². The van der Waals surface area contributed by atoms with Gasteiger partial charge in [0, 0.05) is 15.6 Å². The van der Waals surface area contributed by atoms with E-state index < -0.39 is 5.97 Å². The minimum atomic E-state index is -1.09. The molecule has 0 bridgehead atoms. The van der Waals surface area contributed by atoms with Gasteiger partial charge in [0.15, 0.2) is 5.69 Å². The quantitative estimate of drug-likeness (QED) is 0.938. The second-order valence-electron chi connectivity index (χ2n) is 4.64. The number of aromatic nitrogens is 3. The minimum Gasteiger partial charge on any atom is -0.476 e. The molecule has 2 rings (SSSR count). The molecule has 1 aromatic heterocycles. The van der Waals surface area contributed by atoms with Gasteiger partial charge in [0.2, 0.25) is 0 Å². The van der Waals surface area contributed by atoms with Crippen LogP contribution in [0, 0.1) is 0 Å². The number of rotatable bonds is 4. The monoisotopic (exact) mass is 313 g/mol. The maximum Gasteiger partial charge on any atom is 0.358 e. The molecule has 0 spiro atoms. The van der Waals surface area contributed by atoms with Crippen LogP contribution in [0.1, 0.15) is 41.5 Å². The molecule has 0 fully saturated rings. The molecular formula is C13H13Cl2N3O2. The minimum absolute atomic E-state index is 0.0302. The lowest BCUT2D eigenvalue weighted by atomic mass is 10.1. The van der Waals surface area contributed by atoms with E-state index in [1.54, 1.807) is 18.2 Å². The molecule has 1 aromatic carbocycles. The van der Waals surface area contributed by atoms with E-state index in [1.807, 2.05) is 13.8 Å². The van der Waals surface area contributed by atoms with Crippen LogP contribution < -0.4 is 0 Å². The van der Waals surface area contributed by atoms with Gasteiger partial charge in [-0.2, -0.15) is 0 Å². The van der Waals surface area contributed by atoms with E-state index in [9.17, 15) is 4.79 Å². The smallest absolute Gasteiger partial charge is 0.358 e. The molecule has 1 N–H and O–H groups in total. The predicted molar refractivity (Wildman–Crippen MR) is 76.6 cm³/mol. The topological polar surface area (TPSA) is 68.0 Å². The maximum atomic E-state index is 11.2. The fourth-order valence-corrected chi connectivity index (χ4v) is 2.51. The van der Waals surface area contributed by atoms with Gasteiger partial charge < -0.3 is 5.11 Å². The number of nitrogens with zero attached hydrogens (tertiary/aromatic N) is 3. The molecule has 0 amide bonds. The summed E-state index contributed by atoms with van der Waals surface area (Å²) >= 11 is 12.2. The van der Waals surface area contributed by atoms with Crippen LogP contribution in [-0.2, 0) is 6.54 Å². The molecule has 0 saturated heterocycles. The first-order valence-corrected chi connectivity index (χ1v) is 6.77. The van der Waals surface area contributed by atoms with Crippen LogP contribution in [-0.4, -0.2) is 26.1 Å². The van der Waals surface area contributed by atoms with E-state index in [4.69, 9.17) is 28.3 Å². The zero-order valence-electron chi connectivity index (χ0n) is 11.0. The molecule has 20 heavy (non-hydrogen) atoms. The third-order valence-corrected chi connectivity index (χ3v) is 3.60. The van der Waals surface area contributed by atoms with Gasteiger partial charge in [-0.05, 0) is 18.1 Å². The van der Waals surface area contributed by atoms with Gasteiger partial charge in [-0.15, -0.1) is 5.10 Å². The maximum absolute atomic E-state index is 11.2. The average Bonchev–Trinajstić information content (AvgIpc) is 2.78. The number of hydrogen-bond donors (Lipinski definition) is 1. The Hall–Kier alpha value is -1.59. The van der Waals surface area contributed by atoms with E-state index in [0.29, 0.717) is 21.3 Å². The molecule has 0 radical (unpaired) electrons.